The minimum Gasteiger partial charge on any atom is -0.393 e. The first kappa shape index (κ1) is 11.7. The van der Waals surface area contributed by atoms with E-state index < -0.39 is 0 Å². The van der Waals surface area contributed by atoms with Crippen LogP contribution in [0.15, 0.2) is 12.1 Å². The number of aliphatic hydroxyl groups is 1. The van der Waals surface area contributed by atoms with E-state index in [2.05, 4.69) is 26.0 Å². The molecule has 1 rings (SSSR count). The Hall–Kier alpha value is -0.340. The SMILES string of the molecule is CCc1ccc(CC(C)C(O)CC)s1. The van der Waals surface area contributed by atoms with Crippen LogP contribution in [0.5, 0.6) is 0 Å². The molecule has 1 nitrogen and oxygen atoms in total. The maximum atomic E-state index is 9.66. The zero-order valence-corrected chi connectivity index (χ0v) is 10.1. The molecule has 0 saturated carbocycles. The lowest BCUT2D eigenvalue weighted by molar-refractivity contribution is 0.113. The first-order valence-corrected chi connectivity index (χ1v) is 6.24. The lowest BCUT2D eigenvalue weighted by Crippen LogP contribution is -2.17. The number of rotatable bonds is 5. The molecule has 0 aliphatic rings. The largest absolute Gasteiger partial charge is 0.393 e. The summed E-state index contributed by atoms with van der Waals surface area (Å²) in [7, 11) is 0. The minimum absolute atomic E-state index is 0.151. The van der Waals surface area contributed by atoms with Gasteiger partial charge in [0, 0.05) is 9.75 Å². The van der Waals surface area contributed by atoms with Gasteiger partial charge in [0.05, 0.1) is 6.10 Å². The molecule has 1 heterocycles. The summed E-state index contributed by atoms with van der Waals surface area (Å²) in [5.41, 5.74) is 0. The van der Waals surface area contributed by atoms with Gasteiger partial charge in [0.15, 0.2) is 0 Å². The second-order valence-corrected chi connectivity index (χ2v) is 5.13. The molecular formula is C12H20OS. The van der Waals surface area contributed by atoms with Gasteiger partial charge in [-0.2, -0.15) is 0 Å². The molecule has 0 radical (unpaired) electrons. The van der Waals surface area contributed by atoms with Crippen LogP contribution in [0.1, 0.15) is 36.9 Å². The Bertz CT molecular complexity index is 267. The second-order valence-electron chi connectivity index (χ2n) is 3.88. The topological polar surface area (TPSA) is 20.2 Å². The summed E-state index contributed by atoms with van der Waals surface area (Å²) in [5.74, 6) is 0.378. The van der Waals surface area contributed by atoms with Crippen molar-refractivity contribution >= 4 is 11.3 Å². The number of thiophene rings is 1. The van der Waals surface area contributed by atoms with Crippen LogP contribution in [-0.4, -0.2) is 11.2 Å². The summed E-state index contributed by atoms with van der Waals surface area (Å²) >= 11 is 1.88. The number of hydrogen-bond donors (Lipinski definition) is 1. The molecular weight excluding hydrogens is 192 g/mol. The van der Waals surface area contributed by atoms with Crippen LogP contribution >= 0.6 is 11.3 Å². The van der Waals surface area contributed by atoms with E-state index in [1.54, 1.807) is 0 Å². The summed E-state index contributed by atoms with van der Waals surface area (Å²) in [5, 5.41) is 9.66. The van der Waals surface area contributed by atoms with Crippen molar-refractivity contribution in [2.45, 2.75) is 46.1 Å². The van der Waals surface area contributed by atoms with Crippen molar-refractivity contribution in [1.29, 1.82) is 0 Å². The average Bonchev–Trinajstić information content (AvgIpc) is 2.64. The summed E-state index contributed by atoms with van der Waals surface area (Å²) < 4.78 is 0. The number of aryl methyl sites for hydroxylation is 1. The summed E-state index contributed by atoms with van der Waals surface area (Å²) in [6.45, 7) is 6.34. The Morgan fingerprint density at radius 2 is 1.93 bits per heavy atom. The standard InChI is InChI=1S/C12H20OS/c1-4-10-6-7-11(14-10)8-9(3)12(13)5-2/h6-7,9,12-13H,4-5,8H2,1-3H3. The third-order valence-corrected chi connectivity index (χ3v) is 3.92. The zero-order chi connectivity index (χ0) is 10.6. The number of hydrogen-bond acceptors (Lipinski definition) is 2. The van der Waals surface area contributed by atoms with E-state index in [9.17, 15) is 5.11 Å². The van der Waals surface area contributed by atoms with Crippen LogP contribution in [0, 0.1) is 5.92 Å². The highest BCUT2D eigenvalue weighted by Gasteiger charge is 2.13. The first-order valence-electron chi connectivity index (χ1n) is 5.43. The van der Waals surface area contributed by atoms with Crippen molar-refractivity contribution in [2.75, 3.05) is 0 Å². The van der Waals surface area contributed by atoms with E-state index in [-0.39, 0.29) is 6.10 Å². The third kappa shape index (κ3) is 3.10. The van der Waals surface area contributed by atoms with Crippen molar-refractivity contribution in [3.8, 4) is 0 Å². The van der Waals surface area contributed by atoms with Crippen molar-refractivity contribution in [1.82, 2.24) is 0 Å². The molecule has 1 aromatic rings. The Morgan fingerprint density at radius 3 is 2.43 bits per heavy atom. The number of aliphatic hydroxyl groups excluding tert-OH is 1. The molecule has 2 atom stereocenters. The van der Waals surface area contributed by atoms with Gasteiger partial charge in [-0.05, 0) is 37.3 Å². The Balaban J connectivity index is 2.51. The van der Waals surface area contributed by atoms with Gasteiger partial charge in [0.25, 0.3) is 0 Å². The predicted octanol–water partition coefficient (Wildman–Crippen LogP) is 3.26. The van der Waals surface area contributed by atoms with E-state index >= 15 is 0 Å². The quantitative estimate of drug-likeness (QED) is 0.794. The van der Waals surface area contributed by atoms with Gasteiger partial charge in [-0.25, -0.2) is 0 Å². The fraction of sp³-hybridized carbons (Fsp3) is 0.667. The maximum Gasteiger partial charge on any atom is 0.0566 e. The van der Waals surface area contributed by atoms with Crippen LogP contribution in [0.25, 0.3) is 0 Å². The lowest BCUT2D eigenvalue weighted by atomic mass is 9.98. The highest BCUT2D eigenvalue weighted by Crippen LogP contribution is 2.22. The van der Waals surface area contributed by atoms with Crippen molar-refractivity contribution in [2.24, 2.45) is 5.92 Å². The molecule has 1 aromatic heterocycles. The summed E-state index contributed by atoms with van der Waals surface area (Å²) in [4.78, 5) is 2.85. The van der Waals surface area contributed by atoms with Gasteiger partial charge >= 0.3 is 0 Å². The predicted molar refractivity (Wildman–Crippen MR) is 62.9 cm³/mol. The molecule has 0 saturated heterocycles. The van der Waals surface area contributed by atoms with Crippen molar-refractivity contribution in [3.63, 3.8) is 0 Å². The lowest BCUT2D eigenvalue weighted by Gasteiger charge is -2.15. The van der Waals surface area contributed by atoms with E-state index in [1.165, 1.54) is 9.75 Å². The molecule has 0 aliphatic heterocycles. The maximum absolute atomic E-state index is 9.66. The first-order chi connectivity index (χ1) is 6.67. The van der Waals surface area contributed by atoms with Gasteiger partial charge in [-0.3, -0.25) is 0 Å². The molecule has 0 fully saturated rings. The molecule has 1 N–H and O–H groups in total. The van der Waals surface area contributed by atoms with Crippen LogP contribution in [-0.2, 0) is 12.8 Å². The molecule has 0 aromatic carbocycles. The van der Waals surface area contributed by atoms with Crippen molar-refractivity contribution < 1.29 is 5.11 Å². The van der Waals surface area contributed by atoms with Crippen molar-refractivity contribution in [3.05, 3.63) is 21.9 Å². The Labute approximate surface area is 90.8 Å². The Morgan fingerprint density at radius 1 is 1.29 bits per heavy atom. The van der Waals surface area contributed by atoms with Crippen LogP contribution in [0.2, 0.25) is 0 Å². The smallest absolute Gasteiger partial charge is 0.0566 e. The second kappa shape index (κ2) is 5.52. The molecule has 0 bridgehead atoms. The zero-order valence-electron chi connectivity index (χ0n) is 9.29. The highest BCUT2D eigenvalue weighted by molar-refractivity contribution is 7.11. The fourth-order valence-electron chi connectivity index (χ4n) is 1.58. The van der Waals surface area contributed by atoms with Gasteiger partial charge in [-0.1, -0.05) is 20.8 Å². The van der Waals surface area contributed by atoms with Crippen LogP contribution < -0.4 is 0 Å². The molecule has 0 spiro atoms. The summed E-state index contributed by atoms with van der Waals surface area (Å²) in [6, 6.07) is 4.40. The van der Waals surface area contributed by atoms with Gasteiger partial charge in [-0.15, -0.1) is 11.3 Å². The van der Waals surface area contributed by atoms with E-state index in [0.717, 1.165) is 19.3 Å². The van der Waals surface area contributed by atoms with E-state index in [1.807, 2.05) is 18.3 Å². The molecule has 0 aliphatic carbocycles. The molecule has 2 heteroatoms. The molecule has 0 amide bonds. The fourth-order valence-corrected chi connectivity index (χ4v) is 2.68. The van der Waals surface area contributed by atoms with Crippen LogP contribution in [0.4, 0.5) is 0 Å². The average molecular weight is 212 g/mol. The van der Waals surface area contributed by atoms with Gasteiger partial charge < -0.3 is 5.11 Å². The van der Waals surface area contributed by atoms with E-state index in [4.69, 9.17) is 0 Å². The monoisotopic (exact) mass is 212 g/mol. The highest BCUT2D eigenvalue weighted by atomic mass is 32.1. The third-order valence-electron chi connectivity index (χ3n) is 2.66. The summed E-state index contributed by atoms with van der Waals surface area (Å²) in [6.07, 6.45) is 2.84. The normalized spacial score (nSPS) is 15.4. The van der Waals surface area contributed by atoms with Gasteiger partial charge in [0.2, 0.25) is 0 Å². The molecule has 2 unspecified atom stereocenters. The molecule has 80 valence electrons. The molecule has 14 heavy (non-hydrogen) atoms. The van der Waals surface area contributed by atoms with Gasteiger partial charge in [0.1, 0.15) is 0 Å². The van der Waals surface area contributed by atoms with E-state index in [0.29, 0.717) is 5.92 Å². The minimum atomic E-state index is -0.151. The Kier molecular flexibility index (Phi) is 4.63. The van der Waals surface area contributed by atoms with Crippen LogP contribution in [0.3, 0.4) is 0 Å².